The molecule has 2 aliphatic heterocycles. The number of piperidine rings is 1. The van der Waals surface area contributed by atoms with Gasteiger partial charge in [0.15, 0.2) is 0 Å². The Balaban J connectivity index is 1.21. The van der Waals surface area contributed by atoms with Gasteiger partial charge >= 0.3 is 6.03 Å². The summed E-state index contributed by atoms with van der Waals surface area (Å²) in [5.41, 5.74) is 1.91. The van der Waals surface area contributed by atoms with Crippen LogP contribution in [-0.2, 0) is 11.3 Å². The molecule has 2 aromatic rings. The van der Waals surface area contributed by atoms with Gasteiger partial charge in [0.05, 0.1) is 0 Å². The van der Waals surface area contributed by atoms with Crippen molar-refractivity contribution in [1.82, 2.24) is 15.5 Å². The zero-order valence-corrected chi connectivity index (χ0v) is 18.4. The number of nitrogens with one attached hydrogen (secondary N) is 2. The van der Waals surface area contributed by atoms with Crippen molar-refractivity contribution in [3.05, 3.63) is 65.7 Å². The zero-order valence-electron chi connectivity index (χ0n) is 18.4. The lowest BCUT2D eigenvalue weighted by Crippen LogP contribution is -2.53. The van der Waals surface area contributed by atoms with Crippen LogP contribution in [0.3, 0.4) is 0 Å². The fourth-order valence-electron chi connectivity index (χ4n) is 4.97. The van der Waals surface area contributed by atoms with Crippen LogP contribution in [0.4, 0.5) is 4.79 Å². The number of amides is 3. The van der Waals surface area contributed by atoms with E-state index in [1.54, 1.807) is 0 Å². The highest BCUT2D eigenvalue weighted by Gasteiger charge is 2.44. The minimum absolute atomic E-state index is 0.0275. The maximum atomic E-state index is 12.7. The molecule has 168 valence electrons. The van der Waals surface area contributed by atoms with Crippen LogP contribution in [0.15, 0.2) is 54.6 Å². The van der Waals surface area contributed by atoms with Crippen LogP contribution in [-0.4, -0.2) is 41.6 Å². The first-order valence-corrected chi connectivity index (χ1v) is 11.7. The summed E-state index contributed by atoms with van der Waals surface area (Å²) in [4.78, 5) is 27.1. The van der Waals surface area contributed by atoms with Gasteiger partial charge in [-0.3, -0.25) is 4.79 Å². The Bertz CT molecular complexity index is 965. The summed E-state index contributed by atoms with van der Waals surface area (Å²) in [7, 11) is 0. The van der Waals surface area contributed by atoms with E-state index in [0.29, 0.717) is 32.1 Å². The quantitative estimate of drug-likeness (QED) is 0.750. The Hall–Kier alpha value is -3.02. The van der Waals surface area contributed by atoms with Gasteiger partial charge in [-0.2, -0.15) is 0 Å². The molecule has 6 nitrogen and oxygen atoms in total. The van der Waals surface area contributed by atoms with Crippen molar-refractivity contribution in [2.75, 3.05) is 13.1 Å². The molecule has 1 atom stereocenters. The molecule has 1 aliphatic carbocycles. The summed E-state index contributed by atoms with van der Waals surface area (Å²) in [5, 5.41) is 6.16. The van der Waals surface area contributed by atoms with Gasteiger partial charge in [0.1, 0.15) is 11.4 Å². The molecular formula is C26H31N3O3. The summed E-state index contributed by atoms with van der Waals surface area (Å²) < 4.78 is 6.53. The van der Waals surface area contributed by atoms with E-state index in [1.165, 1.54) is 0 Å². The van der Waals surface area contributed by atoms with E-state index in [9.17, 15) is 9.59 Å². The maximum absolute atomic E-state index is 12.7. The second-order valence-electron chi connectivity index (χ2n) is 9.40. The Kier molecular flexibility index (Phi) is 5.77. The van der Waals surface area contributed by atoms with Crippen molar-refractivity contribution < 1.29 is 14.3 Å². The molecule has 0 aromatic heterocycles. The van der Waals surface area contributed by atoms with E-state index >= 15 is 0 Å². The lowest BCUT2D eigenvalue weighted by atomic mass is 9.76. The smallest absolute Gasteiger partial charge is 0.317 e. The Morgan fingerprint density at radius 1 is 1.00 bits per heavy atom. The summed E-state index contributed by atoms with van der Waals surface area (Å²) in [6.45, 7) is 1.84. The third-order valence-corrected chi connectivity index (χ3v) is 6.93. The topological polar surface area (TPSA) is 70.7 Å². The molecule has 0 bridgehead atoms. The fraction of sp³-hybridized carbons (Fsp3) is 0.462. The number of para-hydroxylation sites is 1. The molecule has 0 radical (unpaired) electrons. The number of hydrogen-bond donors (Lipinski definition) is 2. The largest absolute Gasteiger partial charge is 0.487 e. The average molecular weight is 434 g/mol. The van der Waals surface area contributed by atoms with Gasteiger partial charge in [0, 0.05) is 50.9 Å². The highest BCUT2D eigenvalue weighted by molar-refractivity contribution is 5.78. The molecule has 2 fully saturated rings. The third kappa shape index (κ3) is 4.74. The first-order valence-electron chi connectivity index (χ1n) is 11.7. The first kappa shape index (κ1) is 20.9. The lowest BCUT2D eigenvalue weighted by Gasteiger charge is -2.46. The van der Waals surface area contributed by atoms with Crippen LogP contribution in [0.5, 0.6) is 5.75 Å². The number of carbonyl (C=O) groups excluding carboxylic acids is 2. The number of likely N-dealkylation sites (tertiary alicyclic amines) is 1. The number of benzene rings is 2. The highest BCUT2D eigenvalue weighted by Crippen LogP contribution is 2.46. The summed E-state index contributed by atoms with van der Waals surface area (Å²) in [6, 6.07) is 18.4. The molecule has 1 saturated heterocycles. The van der Waals surface area contributed by atoms with Crippen molar-refractivity contribution in [3.63, 3.8) is 0 Å². The van der Waals surface area contributed by atoms with Gasteiger partial charge in [0.25, 0.3) is 0 Å². The van der Waals surface area contributed by atoms with Gasteiger partial charge in [-0.1, -0.05) is 48.5 Å². The standard InChI is InChI=1S/C26H31N3O3/c30-24(28-21-10-11-21)16-20-17-26(32-23-9-5-4-8-22(20)23)12-14-29(15-13-26)25(31)27-18-19-6-2-1-3-7-19/h1-9,20-21H,10-18H2,(H,27,31)(H,28,30)/t20-/m1/s1. The normalized spacial score (nSPS) is 21.4. The van der Waals surface area contributed by atoms with Crippen molar-refractivity contribution in [2.24, 2.45) is 0 Å². The predicted molar refractivity (Wildman–Crippen MR) is 122 cm³/mol. The molecule has 1 saturated carbocycles. The second-order valence-corrected chi connectivity index (χ2v) is 9.40. The van der Waals surface area contributed by atoms with Gasteiger partial charge in [-0.25, -0.2) is 4.79 Å². The summed E-state index contributed by atoms with van der Waals surface area (Å²) >= 11 is 0. The number of rotatable bonds is 5. The van der Waals surface area contributed by atoms with E-state index in [0.717, 1.165) is 49.0 Å². The van der Waals surface area contributed by atoms with Gasteiger partial charge in [-0.05, 0) is 36.5 Å². The minimum atomic E-state index is -0.310. The van der Waals surface area contributed by atoms with E-state index < -0.39 is 0 Å². The van der Waals surface area contributed by atoms with E-state index in [4.69, 9.17) is 4.74 Å². The molecular weight excluding hydrogens is 402 g/mol. The number of ether oxygens (including phenoxy) is 1. The SMILES string of the molecule is O=C(C[C@@H]1CC2(CCN(C(=O)NCc3ccccc3)CC2)Oc2ccccc21)NC1CC1. The number of carbonyl (C=O) groups is 2. The Labute approximate surface area is 189 Å². The van der Waals surface area contributed by atoms with E-state index in [-0.39, 0.29) is 23.5 Å². The molecule has 2 N–H and O–H groups in total. The Morgan fingerprint density at radius 2 is 1.72 bits per heavy atom. The van der Waals surface area contributed by atoms with Gasteiger partial charge in [-0.15, -0.1) is 0 Å². The summed E-state index contributed by atoms with van der Waals surface area (Å²) in [6.07, 6.45) is 5.08. The second kappa shape index (κ2) is 8.85. The number of urea groups is 1. The van der Waals surface area contributed by atoms with Crippen LogP contribution >= 0.6 is 0 Å². The van der Waals surface area contributed by atoms with Gasteiger partial charge in [0.2, 0.25) is 5.91 Å². The Morgan fingerprint density at radius 3 is 2.47 bits per heavy atom. The van der Waals surface area contributed by atoms with Crippen LogP contribution < -0.4 is 15.4 Å². The molecule has 1 spiro atoms. The van der Waals surface area contributed by atoms with Crippen LogP contribution in [0, 0.1) is 0 Å². The van der Waals surface area contributed by atoms with Crippen LogP contribution in [0.1, 0.15) is 55.6 Å². The van der Waals surface area contributed by atoms with E-state index in [2.05, 4.69) is 16.7 Å². The number of fused-ring (bicyclic) bond motifs is 1. The molecule has 0 unspecified atom stereocenters. The monoisotopic (exact) mass is 433 g/mol. The molecule has 32 heavy (non-hydrogen) atoms. The number of nitrogens with zero attached hydrogens (tertiary/aromatic N) is 1. The fourth-order valence-corrected chi connectivity index (χ4v) is 4.97. The van der Waals surface area contributed by atoms with Crippen LogP contribution in [0.2, 0.25) is 0 Å². The first-order chi connectivity index (χ1) is 15.6. The predicted octanol–water partition coefficient (Wildman–Crippen LogP) is 3.97. The maximum Gasteiger partial charge on any atom is 0.317 e. The van der Waals surface area contributed by atoms with Crippen molar-refractivity contribution >= 4 is 11.9 Å². The molecule has 6 heteroatoms. The highest BCUT2D eigenvalue weighted by atomic mass is 16.5. The number of hydrogen-bond acceptors (Lipinski definition) is 3. The molecule has 2 aromatic carbocycles. The zero-order chi connectivity index (χ0) is 22.0. The summed E-state index contributed by atoms with van der Waals surface area (Å²) in [5.74, 6) is 1.18. The molecule has 2 heterocycles. The third-order valence-electron chi connectivity index (χ3n) is 6.93. The van der Waals surface area contributed by atoms with Crippen molar-refractivity contribution in [2.45, 2.75) is 62.6 Å². The lowest BCUT2D eigenvalue weighted by molar-refractivity contribution is -0.122. The van der Waals surface area contributed by atoms with E-state index in [1.807, 2.05) is 53.4 Å². The molecule has 3 aliphatic rings. The molecule has 3 amide bonds. The minimum Gasteiger partial charge on any atom is -0.487 e. The van der Waals surface area contributed by atoms with Crippen molar-refractivity contribution in [1.29, 1.82) is 0 Å². The molecule has 5 rings (SSSR count). The van der Waals surface area contributed by atoms with Crippen LogP contribution in [0.25, 0.3) is 0 Å². The van der Waals surface area contributed by atoms with Gasteiger partial charge < -0.3 is 20.3 Å². The average Bonchev–Trinajstić information content (AvgIpc) is 3.62. The van der Waals surface area contributed by atoms with Crippen molar-refractivity contribution in [3.8, 4) is 5.75 Å².